The van der Waals surface area contributed by atoms with Crippen LogP contribution >= 0.6 is 0 Å². The van der Waals surface area contributed by atoms with E-state index in [1.807, 2.05) is 18.2 Å². The van der Waals surface area contributed by atoms with Gasteiger partial charge in [0.15, 0.2) is 11.5 Å². The molecule has 0 saturated heterocycles. The van der Waals surface area contributed by atoms with Crippen molar-refractivity contribution in [1.82, 2.24) is 5.32 Å². The molecule has 4 heteroatoms. The summed E-state index contributed by atoms with van der Waals surface area (Å²) < 4.78 is 10.5. The molecule has 0 atom stereocenters. The average Bonchev–Trinajstić information content (AvgIpc) is 2.76. The lowest BCUT2D eigenvalue weighted by Gasteiger charge is -2.03. The van der Waals surface area contributed by atoms with E-state index >= 15 is 0 Å². The number of rotatable bonds is 5. The van der Waals surface area contributed by atoms with Crippen LogP contribution in [0.4, 0.5) is 0 Å². The maximum Gasteiger partial charge on any atom is 0.231 e. The third kappa shape index (κ3) is 2.65. The molecule has 1 aliphatic heterocycles. The number of hydrogen-bond donors (Lipinski definition) is 1. The van der Waals surface area contributed by atoms with Gasteiger partial charge in [-0.05, 0) is 30.7 Å². The highest BCUT2D eigenvalue weighted by Crippen LogP contribution is 2.32. The zero-order valence-corrected chi connectivity index (χ0v) is 9.03. The Morgan fingerprint density at radius 1 is 1.25 bits per heavy atom. The van der Waals surface area contributed by atoms with E-state index in [1.165, 1.54) is 5.56 Å². The molecule has 0 aromatic heterocycles. The highest BCUT2D eigenvalue weighted by Gasteiger charge is 2.12. The fourth-order valence-corrected chi connectivity index (χ4v) is 1.60. The molecular formula is C12H14N2O2. The SMILES string of the molecule is N#CCCNCCc1ccc2c(c1)OCO2. The van der Waals surface area contributed by atoms with Gasteiger partial charge in [-0.1, -0.05) is 6.07 Å². The van der Waals surface area contributed by atoms with Crippen LogP contribution in [0.3, 0.4) is 0 Å². The smallest absolute Gasteiger partial charge is 0.231 e. The van der Waals surface area contributed by atoms with Gasteiger partial charge in [-0.25, -0.2) is 0 Å². The van der Waals surface area contributed by atoms with Gasteiger partial charge in [0.2, 0.25) is 6.79 Å². The molecule has 1 heterocycles. The van der Waals surface area contributed by atoms with Gasteiger partial charge in [0.1, 0.15) is 0 Å². The zero-order chi connectivity index (χ0) is 11.2. The quantitative estimate of drug-likeness (QED) is 0.760. The molecule has 0 fully saturated rings. The monoisotopic (exact) mass is 218 g/mol. The molecule has 1 aromatic carbocycles. The first-order chi connectivity index (χ1) is 7.90. The number of nitriles is 1. The Hall–Kier alpha value is -1.73. The summed E-state index contributed by atoms with van der Waals surface area (Å²) in [5.41, 5.74) is 1.22. The number of fused-ring (bicyclic) bond motifs is 1. The van der Waals surface area contributed by atoms with Crippen molar-refractivity contribution in [3.63, 3.8) is 0 Å². The van der Waals surface area contributed by atoms with Crippen LogP contribution in [0.25, 0.3) is 0 Å². The van der Waals surface area contributed by atoms with Crippen molar-refractivity contribution >= 4 is 0 Å². The van der Waals surface area contributed by atoms with Crippen LogP contribution in [-0.2, 0) is 6.42 Å². The summed E-state index contributed by atoms with van der Waals surface area (Å²) in [6.07, 6.45) is 1.49. The fourth-order valence-electron chi connectivity index (χ4n) is 1.60. The van der Waals surface area contributed by atoms with E-state index in [-0.39, 0.29) is 0 Å². The van der Waals surface area contributed by atoms with E-state index in [0.29, 0.717) is 13.2 Å². The average molecular weight is 218 g/mol. The molecule has 0 bridgehead atoms. The van der Waals surface area contributed by atoms with Crippen molar-refractivity contribution in [2.24, 2.45) is 0 Å². The van der Waals surface area contributed by atoms with E-state index in [0.717, 1.165) is 31.0 Å². The van der Waals surface area contributed by atoms with Crippen LogP contribution in [0, 0.1) is 11.3 Å². The normalized spacial score (nSPS) is 12.4. The highest BCUT2D eigenvalue weighted by molar-refractivity contribution is 5.44. The summed E-state index contributed by atoms with van der Waals surface area (Å²) in [6, 6.07) is 8.09. The minimum absolute atomic E-state index is 0.319. The lowest BCUT2D eigenvalue weighted by Crippen LogP contribution is -2.18. The summed E-state index contributed by atoms with van der Waals surface area (Å²) in [5.74, 6) is 1.65. The molecule has 0 radical (unpaired) electrons. The van der Waals surface area contributed by atoms with E-state index in [9.17, 15) is 0 Å². The predicted molar refractivity (Wildman–Crippen MR) is 59.4 cm³/mol. The van der Waals surface area contributed by atoms with E-state index in [4.69, 9.17) is 14.7 Å². The Labute approximate surface area is 94.8 Å². The van der Waals surface area contributed by atoms with Crippen molar-refractivity contribution in [3.8, 4) is 17.6 Å². The van der Waals surface area contributed by atoms with Gasteiger partial charge >= 0.3 is 0 Å². The molecule has 0 amide bonds. The molecule has 0 saturated carbocycles. The lowest BCUT2D eigenvalue weighted by atomic mass is 10.1. The van der Waals surface area contributed by atoms with Gasteiger partial charge in [0.25, 0.3) is 0 Å². The van der Waals surface area contributed by atoms with E-state index in [1.54, 1.807) is 0 Å². The summed E-state index contributed by atoms with van der Waals surface area (Å²) in [5, 5.41) is 11.6. The Balaban J connectivity index is 1.80. The van der Waals surface area contributed by atoms with E-state index in [2.05, 4.69) is 11.4 Å². The van der Waals surface area contributed by atoms with Gasteiger partial charge in [-0.3, -0.25) is 0 Å². The largest absolute Gasteiger partial charge is 0.454 e. The van der Waals surface area contributed by atoms with Crippen molar-refractivity contribution < 1.29 is 9.47 Å². The van der Waals surface area contributed by atoms with Crippen LogP contribution in [0.5, 0.6) is 11.5 Å². The number of hydrogen-bond acceptors (Lipinski definition) is 4. The number of nitrogens with zero attached hydrogens (tertiary/aromatic N) is 1. The van der Waals surface area contributed by atoms with Gasteiger partial charge in [0, 0.05) is 13.0 Å². The third-order valence-corrected chi connectivity index (χ3v) is 2.44. The minimum Gasteiger partial charge on any atom is -0.454 e. The van der Waals surface area contributed by atoms with Gasteiger partial charge in [0.05, 0.1) is 6.07 Å². The molecule has 0 spiro atoms. The first kappa shape index (κ1) is 10.8. The first-order valence-electron chi connectivity index (χ1n) is 5.36. The predicted octanol–water partition coefficient (Wildman–Crippen LogP) is 1.46. The molecular weight excluding hydrogens is 204 g/mol. The molecule has 16 heavy (non-hydrogen) atoms. The van der Waals surface area contributed by atoms with E-state index < -0.39 is 0 Å². The molecule has 4 nitrogen and oxygen atoms in total. The second kappa shape index (κ2) is 5.38. The van der Waals surface area contributed by atoms with Gasteiger partial charge in [-0.15, -0.1) is 0 Å². The molecule has 1 aliphatic rings. The van der Waals surface area contributed by atoms with Crippen molar-refractivity contribution in [2.75, 3.05) is 19.9 Å². The molecule has 2 rings (SSSR count). The lowest BCUT2D eigenvalue weighted by molar-refractivity contribution is 0.174. The maximum atomic E-state index is 8.37. The van der Waals surface area contributed by atoms with Crippen LogP contribution < -0.4 is 14.8 Å². The topological polar surface area (TPSA) is 54.3 Å². The highest BCUT2D eigenvalue weighted by atomic mass is 16.7. The Morgan fingerprint density at radius 2 is 2.12 bits per heavy atom. The van der Waals surface area contributed by atoms with Gasteiger partial charge < -0.3 is 14.8 Å². The Kier molecular flexibility index (Phi) is 3.62. The van der Waals surface area contributed by atoms with Crippen molar-refractivity contribution in [1.29, 1.82) is 5.26 Å². The van der Waals surface area contributed by atoms with Gasteiger partial charge in [-0.2, -0.15) is 5.26 Å². The second-order valence-corrected chi connectivity index (χ2v) is 3.60. The minimum atomic E-state index is 0.319. The summed E-state index contributed by atoms with van der Waals surface area (Å²) in [7, 11) is 0. The standard InChI is InChI=1S/C12H14N2O2/c13-5-1-6-14-7-4-10-2-3-11-12(8-10)16-9-15-11/h2-3,8,14H,1,4,6-7,9H2. The number of benzene rings is 1. The van der Waals surface area contributed by atoms with Crippen molar-refractivity contribution in [3.05, 3.63) is 23.8 Å². The number of ether oxygens (including phenoxy) is 2. The molecule has 0 unspecified atom stereocenters. The molecule has 84 valence electrons. The first-order valence-corrected chi connectivity index (χ1v) is 5.36. The second-order valence-electron chi connectivity index (χ2n) is 3.60. The third-order valence-electron chi connectivity index (χ3n) is 2.44. The maximum absolute atomic E-state index is 8.37. The zero-order valence-electron chi connectivity index (χ0n) is 9.03. The molecule has 0 aliphatic carbocycles. The number of nitrogens with one attached hydrogen (secondary N) is 1. The van der Waals surface area contributed by atoms with Crippen LogP contribution in [0.15, 0.2) is 18.2 Å². The molecule has 1 aromatic rings. The fraction of sp³-hybridized carbons (Fsp3) is 0.417. The summed E-state index contributed by atoms with van der Waals surface area (Å²) in [4.78, 5) is 0. The van der Waals surface area contributed by atoms with Crippen LogP contribution in [-0.4, -0.2) is 19.9 Å². The van der Waals surface area contributed by atoms with Crippen LogP contribution in [0.2, 0.25) is 0 Å². The Morgan fingerprint density at radius 3 is 3.00 bits per heavy atom. The molecule has 1 N–H and O–H groups in total. The summed E-state index contributed by atoms with van der Waals surface area (Å²) >= 11 is 0. The Bertz CT molecular complexity index is 398. The summed E-state index contributed by atoms with van der Waals surface area (Å²) in [6.45, 7) is 1.95. The van der Waals surface area contributed by atoms with Crippen LogP contribution in [0.1, 0.15) is 12.0 Å². The van der Waals surface area contributed by atoms with Crippen molar-refractivity contribution in [2.45, 2.75) is 12.8 Å².